The monoisotopic (exact) mass is 238 g/mol. The van der Waals surface area contributed by atoms with Crippen LogP contribution in [-0.4, -0.2) is 22.6 Å². The fourth-order valence-electron chi connectivity index (χ4n) is 1.80. The zero-order valence-corrected chi connectivity index (χ0v) is 11.1. The second-order valence-electron chi connectivity index (χ2n) is 4.47. The molecule has 1 rings (SSSR count). The van der Waals surface area contributed by atoms with E-state index in [9.17, 15) is 4.79 Å². The number of aromatic nitrogens is 2. The van der Waals surface area contributed by atoms with E-state index in [0.29, 0.717) is 12.4 Å². The molecule has 17 heavy (non-hydrogen) atoms. The van der Waals surface area contributed by atoms with Gasteiger partial charge in [-0.15, -0.1) is 0 Å². The van der Waals surface area contributed by atoms with Crippen molar-refractivity contribution in [2.75, 3.05) is 11.9 Å². The maximum absolute atomic E-state index is 12.2. The molecule has 0 aliphatic carbocycles. The number of aromatic amines is 1. The number of aryl methyl sites for hydroxylation is 1. The van der Waals surface area contributed by atoms with Gasteiger partial charge in [0.1, 0.15) is 0 Å². The molecule has 1 amide bonds. The molecule has 0 saturated heterocycles. The Labute approximate surface area is 102 Å². The Morgan fingerprint density at radius 2 is 2.00 bits per heavy atom. The highest BCUT2D eigenvalue weighted by Crippen LogP contribution is 2.27. The van der Waals surface area contributed by atoms with Crippen LogP contribution in [0.5, 0.6) is 0 Å². The van der Waals surface area contributed by atoms with Gasteiger partial charge in [-0.25, -0.2) is 0 Å². The van der Waals surface area contributed by atoms with Crippen LogP contribution in [0.2, 0.25) is 0 Å². The molecule has 0 aliphatic rings. The molecule has 0 aliphatic heterocycles. The van der Waals surface area contributed by atoms with Gasteiger partial charge in [-0.1, -0.05) is 13.8 Å². The lowest BCUT2D eigenvalue weighted by Crippen LogP contribution is -2.41. The lowest BCUT2D eigenvalue weighted by molar-refractivity contribution is -0.125. The Kier molecular flexibility index (Phi) is 4.28. The molecule has 0 saturated carbocycles. The van der Waals surface area contributed by atoms with Crippen molar-refractivity contribution in [1.29, 1.82) is 0 Å². The van der Waals surface area contributed by atoms with Crippen molar-refractivity contribution in [2.45, 2.75) is 40.5 Å². The topological polar surface area (TPSA) is 83.8 Å². The third-order valence-electron chi connectivity index (χ3n) is 3.71. The molecular weight excluding hydrogens is 216 g/mol. The van der Waals surface area contributed by atoms with Crippen LogP contribution in [0.3, 0.4) is 0 Å². The van der Waals surface area contributed by atoms with Crippen LogP contribution in [0.1, 0.15) is 37.9 Å². The molecule has 0 fully saturated rings. The van der Waals surface area contributed by atoms with E-state index >= 15 is 0 Å². The number of amides is 1. The first-order chi connectivity index (χ1) is 8.00. The fourth-order valence-corrected chi connectivity index (χ4v) is 1.80. The summed E-state index contributed by atoms with van der Waals surface area (Å²) in [6.07, 6.45) is 1.46. The molecule has 1 aromatic heterocycles. The average Bonchev–Trinajstić information content (AvgIpc) is 2.64. The molecule has 5 heteroatoms. The van der Waals surface area contributed by atoms with E-state index in [1.807, 2.05) is 27.7 Å². The van der Waals surface area contributed by atoms with E-state index in [1.165, 1.54) is 0 Å². The number of carbonyl (C=O) groups excluding carboxylic acids is 1. The minimum atomic E-state index is -0.487. The first-order valence-electron chi connectivity index (χ1n) is 6.03. The third-order valence-corrected chi connectivity index (χ3v) is 3.71. The predicted molar refractivity (Wildman–Crippen MR) is 68.8 cm³/mol. The highest BCUT2D eigenvalue weighted by molar-refractivity contribution is 5.95. The summed E-state index contributed by atoms with van der Waals surface area (Å²) >= 11 is 0. The maximum Gasteiger partial charge on any atom is 0.233 e. The number of hydrogen-bond donors (Lipinski definition) is 3. The van der Waals surface area contributed by atoms with Gasteiger partial charge in [-0.2, -0.15) is 5.10 Å². The van der Waals surface area contributed by atoms with Gasteiger partial charge in [-0.05, 0) is 26.7 Å². The number of nitrogens with two attached hydrogens (primary N) is 1. The smallest absolute Gasteiger partial charge is 0.233 e. The Bertz CT molecular complexity index is 385. The highest BCUT2D eigenvalue weighted by atomic mass is 16.2. The summed E-state index contributed by atoms with van der Waals surface area (Å²) in [6, 6.07) is 0. The molecule has 0 spiro atoms. The van der Waals surface area contributed by atoms with Gasteiger partial charge in [0.25, 0.3) is 0 Å². The Morgan fingerprint density at radius 1 is 1.41 bits per heavy atom. The summed E-state index contributed by atoms with van der Waals surface area (Å²) in [7, 11) is 0. The number of nitrogens with one attached hydrogen (secondary N) is 2. The van der Waals surface area contributed by atoms with Gasteiger partial charge in [0.15, 0.2) is 5.82 Å². The molecule has 1 aromatic rings. The van der Waals surface area contributed by atoms with Gasteiger partial charge in [0.05, 0.1) is 5.41 Å². The molecule has 0 aromatic carbocycles. The number of hydrogen-bond acceptors (Lipinski definition) is 3. The molecular formula is C12H22N4O. The van der Waals surface area contributed by atoms with Gasteiger partial charge in [0, 0.05) is 17.8 Å². The van der Waals surface area contributed by atoms with Crippen molar-refractivity contribution in [1.82, 2.24) is 10.2 Å². The lowest BCUT2D eigenvalue weighted by Gasteiger charge is -2.28. The quantitative estimate of drug-likeness (QED) is 0.730. The Balaban J connectivity index is 2.88. The number of anilines is 1. The largest absolute Gasteiger partial charge is 0.329 e. The first-order valence-corrected chi connectivity index (χ1v) is 6.03. The summed E-state index contributed by atoms with van der Waals surface area (Å²) in [5.74, 6) is 0.562. The van der Waals surface area contributed by atoms with Gasteiger partial charge in [-0.3, -0.25) is 9.89 Å². The van der Waals surface area contributed by atoms with E-state index in [0.717, 1.165) is 24.1 Å². The standard InChI is InChI=1S/C12H22N4O/c1-5-12(6-2,7-13)11(17)14-10-8(3)9(4)15-16-10/h5-7,13H2,1-4H3,(H2,14,15,16,17). The maximum atomic E-state index is 12.2. The van der Waals surface area contributed by atoms with E-state index in [4.69, 9.17) is 5.73 Å². The Hall–Kier alpha value is -1.36. The number of H-pyrrole nitrogens is 1. The van der Waals surface area contributed by atoms with Crippen LogP contribution in [0.15, 0.2) is 0 Å². The normalized spacial score (nSPS) is 11.6. The minimum Gasteiger partial charge on any atom is -0.329 e. The molecule has 4 N–H and O–H groups in total. The number of rotatable bonds is 5. The molecule has 0 atom stereocenters. The van der Waals surface area contributed by atoms with E-state index in [2.05, 4.69) is 15.5 Å². The third kappa shape index (κ3) is 2.49. The van der Waals surface area contributed by atoms with E-state index in [1.54, 1.807) is 0 Å². The van der Waals surface area contributed by atoms with Crippen molar-refractivity contribution in [3.05, 3.63) is 11.3 Å². The van der Waals surface area contributed by atoms with Gasteiger partial charge in [0.2, 0.25) is 5.91 Å². The predicted octanol–water partition coefficient (Wildman–Crippen LogP) is 1.73. The van der Waals surface area contributed by atoms with Crippen molar-refractivity contribution in [2.24, 2.45) is 11.1 Å². The molecule has 96 valence electrons. The summed E-state index contributed by atoms with van der Waals surface area (Å²) in [6.45, 7) is 8.18. The summed E-state index contributed by atoms with van der Waals surface area (Å²) in [4.78, 5) is 12.2. The zero-order chi connectivity index (χ0) is 13.1. The highest BCUT2D eigenvalue weighted by Gasteiger charge is 2.33. The fraction of sp³-hybridized carbons (Fsp3) is 0.667. The molecule has 0 unspecified atom stereocenters. The van der Waals surface area contributed by atoms with Crippen LogP contribution in [0.25, 0.3) is 0 Å². The van der Waals surface area contributed by atoms with Gasteiger partial charge >= 0.3 is 0 Å². The van der Waals surface area contributed by atoms with Crippen LogP contribution in [-0.2, 0) is 4.79 Å². The Morgan fingerprint density at radius 3 is 2.35 bits per heavy atom. The second-order valence-corrected chi connectivity index (χ2v) is 4.47. The minimum absolute atomic E-state index is 0.0420. The zero-order valence-electron chi connectivity index (χ0n) is 11.1. The van der Waals surface area contributed by atoms with E-state index < -0.39 is 5.41 Å². The second kappa shape index (κ2) is 5.31. The van der Waals surface area contributed by atoms with Crippen LogP contribution < -0.4 is 11.1 Å². The molecule has 1 heterocycles. The molecule has 0 radical (unpaired) electrons. The number of nitrogens with zero attached hydrogens (tertiary/aromatic N) is 1. The molecule has 5 nitrogen and oxygen atoms in total. The SMILES string of the molecule is CCC(CC)(CN)C(=O)Nc1n[nH]c(C)c1C. The first kappa shape index (κ1) is 13.7. The van der Waals surface area contributed by atoms with Crippen molar-refractivity contribution >= 4 is 11.7 Å². The summed E-state index contributed by atoms with van der Waals surface area (Å²) < 4.78 is 0. The average molecular weight is 238 g/mol. The van der Waals surface area contributed by atoms with Gasteiger partial charge < -0.3 is 11.1 Å². The molecule has 0 bridgehead atoms. The van der Waals surface area contributed by atoms with Crippen molar-refractivity contribution in [3.8, 4) is 0 Å². The summed E-state index contributed by atoms with van der Waals surface area (Å²) in [5, 5.41) is 9.79. The van der Waals surface area contributed by atoms with Crippen molar-refractivity contribution < 1.29 is 4.79 Å². The van der Waals surface area contributed by atoms with Crippen LogP contribution >= 0.6 is 0 Å². The van der Waals surface area contributed by atoms with Crippen LogP contribution in [0, 0.1) is 19.3 Å². The van der Waals surface area contributed by atoms with Crippen LogP contribution in [0.4, 0.5) is 5.82 Å². The summed E-state index contributed by atoms with van der Waals surface area (Å²) in [5.41, 5.74) is 7.18. The van der Waals surface area contributed by atoms with E-state index in [-0.39, 0.29) is 5.91 Å². The number of carbonyl (C=O) groups is 1. The van der Waals surface area contributed by atoms with Crippen molar-refractivity contribution in [3.63, 3.8) is 0 Å². The lowest BCUT2D eigenvalue weighted by atomic mass is 9.81.